The molecule has 1 saturated carbocycles. The van der Waals surface area contributed by atoms with E-state index in [0.717, 1.165) is 0 Å². The van der Waals surface area contributed by atoms with E-state index >= 15 is 0 Å². The predicted molar refractivity (Wildman–Crippen MR) is 49.4 cm³/mol. The fourth-order valence-corrected chi connectivity index (χ4v) is 2.79. The van der Waals surface area contributed by atoms with Crippen molar-refractivity contribution in [3.63, 3.8) is 0 Å². The highest BCUT2D eigenvalue weighted by Crippen LogP contribution is 2.54. The third-order valence-corrected chi connectivity index (χ3v) is 3.69. The Hall–Kier alpha value is -0.750. The maximum Gasteiger partial charge on any atom is 0.453 e. The summed E-state index contributed by atoms with van der Waals surface area (Å²) < 4.78 is 88.4. The Balaban J connectivity index is 2.10. The second-order valence-corrected chi connectivity index (χ2v) is 5.03. The molecule has 0 radical (unpaired) electrons. The summed E-state index contributed by atoms with van der Waals surface area (Å²) in [4.78, 5) is 0. The van der Waals surface area contributed by atoms with E-state index in [4.69, 9.17) is 0 Å². The first-order chi connectivity index (χ1) is 8.03. The first-order valence-corrected chi connectivity index (χ1v) is 5.53. The van der Waals surface area contributed by atoms with Gasteiger partial charge < -0.3 is 0 Å². The van der Waals surface area contributed by atoms with Crippen molar-refractivity contribution in [2.75, 3.05) is 0 Å². The molecule has 0 aromatic heterocycles. The molecule has 3 unspecified atom stereocenters. The zero-order valence-corrected chi connectivity index (χ0v) is 9.15. The second-order valence-electron chi connectivity index (χ2n) is 5.03. The molecule has 0 N–H and O–H groups in total. The van der Waals surface area contributed by atoms with Crippen molar-refractivity contribution < 1.29 is 30.7 Å². The quantitative estimate of drug-likeness (QED) is 0.528. The van der Waals surface area contributed by atoms with Gasteiger partial charge in [0.25, 0.3) is 5.92 Å². The van der Waals surface area contributed by atoms with Gasteiger partial charge in [-0.05, 0) is 24.7 Å². The summed E-state index contributed by atoms with van der Waals surface area (Å²) in [5.41, 5.74) is 0. The van der Waals surface area contributed by atoms with Gasteiger partial charge in [-0.15, -0.1) is 0 Å². The third-order valence-electron chi connectivity index (χ3n) is 3.69. The lowest BCUT2D eigenvalue weighted by molar-refractivity contribution is -0.305. The molecule has 0 heterocycles. The molecule has 0 aromatic carbocycles. The highest BCUT2D eigenvalue weighted by Gasteiger charge is 2.64. The van der Waals surface area contributed by atoms with Crippen molar-refractivity contribution in [1.29, 1.82) is 0 Å². The molecule has 0 amide bonds. The molecule has 7 heteroatoms. The molecule has 2 aliphatic rings. The number of fused-ring (bicyclic) bond motifs is 2. The van der Waals surface area contributed by atoms with Gasteiger partial charge in [0.15, 0.2) is 0 Å². The van der Waals surface area contributed by atoms with Crippen LogP contribution in [0.15, 0.2) is 12.2 Å². The lowest BCUT2D eigenvalue weighted by Crippen LogP contribution is -2.45. The average molecular weight is 276 g/mol. The summed E-state index contributed by atoms with van der Waals surface area (Å²) in [5, 5.41) is 0. The van der Waals surface area contributed by atoms with Crippen LogP contribution < -0.4 is 0 Å². The second kappa shape index (κ2) is 3.87. The maximum absolute atomic E-state index is 13.6. The monoisotopic (exact) mass is 276 g/mol. The van der Waals surface area contributed by atoms with E-state index in [9.17, 15) is 30.7 Å². The molecule has 1 fully saturated rings. The van der Waals surface area contributed by atoms with E-state index < -0.39 is 36.3 Å². The molecule has 3 atom stereocenters. The molecule has 2 aliphatic carbocycles. The van der Waals surface area contributed by atoms with Gasteiger partial charge >= 0.3 is 12.1 Å². The summed E-state index contributed by atoms with van der Waals surface area (Å²) in [5.74, 6) is -11.4. The number of alkyl halides is 7. The van der Waals surface area contributed by atoms with Gasteiger partial charge in [-0.25, -0.2) is 8.78 Å². The topological polar surface area (TPSA) is 0 Å². The molecule has 2 rings (SSSR count). The molecule has 0 aromatic rings. The Labute approximate surface area is 98.8 Å². The zero-order chi connectivity index (χ0) is 13.8. The minimum atomic E-state index is -5.93. The number of rotatable bonds is 3. The highest BCUT2D eigenvalue weighted by atomic mass is 19.4. The van der Waals surface area contributed by atoms with Crippen LogP contribution in [-0.4, -0.2) is 18.0 Å². The van der Waals surface area contributed by atoms with Crippen molar-refractivity contribution in [1.82, 2.24) is 0 Å². The van der Waals surface area contributed by atoms with Gasteiger partial charge in [-0.2, -0.15) is 22.0 Å². The largest absolute Gasteiger partial charge is 0.453 e. The van der Waals surface area contributed by atoms with E-state index in [0.29, 0.717) is 6.42 Å². The average Bonchev–Trinajstić information content (AvgIpc) is 2.74. The molecular formula is C11H11F7. The van der Waals surface area contributed by atoms with Crippen LogP contribution in [0.3, 0.4) is 0 Å². The summed E-state index contributed by atoms with van der Waals surface area (Å²) in [6, 6.07) is 0. The van der Waals surface area contributed by atoms with Crippen LogP contribution in [0.25, 0.3) is 0 Å². The van der Waals surface area contributed by atoms with E-state index in [1.165, 1.54) is 6.08 Å². The Morgan fingerprint density at radius 3 is 1.89 bits per heavy atom. The summed E-state index contributed by atoms with van der Waals surface area (Å²) in [7, 11) is 0. The van der Waals surface area contributed by atoms with Gasteiger partial charge in [-0.1, -0.05) is 12.2 Å². The summed E-state index contributed by atoms with van der Waals surface area (Å²) >= 11 is 0. The molecule has 0 aliphatic heterocycles. The van der Waals surface area contributed by atoms with Gasteiger partial charge in [0, 0.05) is 5.92 Å². The summed E-state index contributed by atoms with van der Waals surface area (Å²) in [6.07, 6.45) is -4.74. The maximum atomic E-state index is 13.6. The minimum Gasteiger partial charge on any atom is -0.206 e. The van der Waals surface area contributed by atoms with Gasteiger partial charge in [-0.3, -0.25) is 0 Å². The first kappa shape index (κ1) is 13.7. The predicted octanol–water partition coefficient (Wildman–Crippen LogP) is 4.42. The molecule has 18 heavy (non-hydrogen) atoms. The van der Waals surface area contributed by atoms with Gasteiger partial charge in [0.05, 0.1) is 6.42 Å². The Morgan fingerprint density at radius 2 is 1.50 bits per heavy atom. The standard InChI is InChI=1S/C11H11F7/c12-9(13,5-10(14,15)11(16,17)18)8-4-6-1-2-7(8)3-6/h1-2,6-8H,3-5H2. The van der Waals surface area contributed by atoms with E-state index in [-0.39, 0.29) is 12.3 Å². The SMILES string of the molecule is FC(F)(CC(F)(F)C(F)(F)F)C1CC2C=CC1C2. The molecular weight excluding hydrogens is 265 g/mol. The fourth-order valence-electron chi connectivity index (χ4n) is 2.79. The molecule has 0 nitrogen and oxygen atoms in total. The van der Waals surface area contributed by atoms with Crippen molar-refractivity contribution in [3.8, 4) is 0 Å². The van der Waals surface area contributed by atoms with Crippen LogP contribution in [0.2, 0.25) is 0 Å². The third kappa shape index (κ3) is 2.23. The minimum absolute atomic E-state index is 0.0118. The van der Waals surface area contributed by atoms with Crippen LogP contribution in [-0.2, 0) is 0 Å². The van der Waals surface area contributed by atoms with Gasteiger partial charge in [0.2, 0.25) is 0 Å². The van der Waals surface area contributed by atoms with Crippen molar-refractivity contribution in [2.45, 2.75) is 37.3 Å². The normalized spacial score (nSPS) is 32.3. The van der Waals surface area contributed by atoms with Crippen LogP contribution >= 0.6 is 0 Å². The first-order valence-electron chi connectivity index (χ1n) is 5.53. The van der Waals surface area contributed by atoms with E-state index in [1.54, 1.807) is 6.08 Å². The lowest BCUT2D eigenvalue weighted by Gasteiger charge is -2.31. The fraction of sp³-hybridized carbons (Fsp3) is 0.818. The van der Waals surface area contributed by atoms with Crippen molar-refractivity contribution in [3.05, 3.63) is 12.2 Å². The number of hydrogen-bond acceptors (Lipinski definition) is 0. The van der Waals surface area contributed by atoms with Crippen LogP contribution in [0.5, 0.6) is 0 Å². The molecule has 0 spiro atoms. The molecule has 0 saturated heterocycles. The van der Waals surface area contributed by atoms with Crippen molar-refractivity contribution >= 4 is 0 Å². The van der Waals surface area contributed by atoms with Crippen LogP contribution in [0.4, 0.5) is 30.7 Å². The number of hydrogen-bond donors (Lipinski definition) is 0. The van der Waals surface area contributed by atoms with E-state index in [2.05, 4.69) is 0 Å². The highest BCUT2D eigenvalue weighted by molar-refractivity contribution is 5.13. The lowest BCUT2D eigenvalue weighted by atomic mass is 9.85. The Kier molecular flexibility index (Phi) is 2.94. The van der Waals surface area contributed by atoms with Gasteiger partial charge in [0.1, 0.15) is 0 Å². The number of allylic oxidation sites excluding steroid dienone is 2. The smallest absolute Gasteiger partial charge is 0.206 e. The Bertz CT molecular complexity index is 355. The van der Waals surface area contributed by atoms with Crippen LogP contribution in [0.1, 0.15) is 19.3 Å². The van der Waals surface area contributed by atoms with Crippen molar-refractivity contribution in [2.24, 2.45) is 17.8 Å². The van der Waals surface area contributed by atoms with E-state index in [1.807, 2.05) is 0 Å². The van der Waals surface area contributed by atoms with Crippen LogP contribution in [0, 0.1) is 17.8 Å². The number of halogens is 7. The molecule has 2 bridgehead atoms. The molecule has 104 valence electrons. The summed E-state index contributed by atoms with van der Waals surface area (Å²) in [6.45, 7) is 0. The Morgan fingerprint density at radius 1 is 0.889 bits per heavy atom. The zero-order valence-electron chi connectivity index (χ0n) is 9.15.